The molecule has 0 aromatic heterocycles. The van der Waals surface area contributed by atoms with Crippen LogP contribution in [0.3, 0.4) is 0 Å². The van der Waals surface area contributed by atoms with E-state index in [1.807, 2.05) is 24.3 Å². The number of amides is 1. The van der Waals surface area contributed by atoms with Crippen molar-refractivity contribution in [1.29, 1.82) is 0 Å². The minimum Gasteiger partial charge on any atom is -0.462 e. The zero-order chi connectivity index (χ0) is 27.5. The number of unbranched alkanes of at least 4 members (excludes halogenated alkanes) is 3. The normalized spacial score (nSPS) is 11.1. The van der Waals surface area contributed by atoms with Crippen molar-refractivity contribution >= 4 is 23.3 Å². The van der Waals surface area contributed by atoms with Gasteiger partial charge in [-0.1, -0.05) is 42.7 Å². The lowest BCUT2D eigenvalue weighted by Crippen LogP contribution is -2.36. The number of benzene rings is 1. The maximum absolute atomic E-state index is 13.3. The lowest BCUT2D eigenvalue weighted by atomic mass is 10.1. The summed E-state index contributed by atoms with van der Waals surface area (Å²) >= 11 is 0. The molecule has 1 aromatic carbocycles. The molecule has 0 spiro atoms. The summed E-state index contributed by atoms with van der Waals surface area (Å²) in [6, 6.07) is 5.48. The molecule has 0 aliphatic carbocycles. The van der Waals surface area contributed by atoms with Crippen molar-refractivity contribution in [2.45, 2.75) is 79.6 Å². The molecule has 206 valence electrons. The number of hydrogen-bond donors (Lipinski definition) is 1. The van der Waals surface area contributed by atoms with Gasteiger partial charge in [-0.25, -0.2) is 4.79 Å². The summed E-state index contributed by atoms with van der Waals surface area (Å²) in [6.45, 7) is 15.8. The Bertz CT molecular complexity index is 900. The Labute approximate surface area is 224 Å². The average molecular weight is 513 g/mol. The lowest BCUT2D eigenvalue weighted by Gasteiger charge is -2.25. The van der Waals surface area contributed by atoms with E-state index in [1.54, 1.807) is 17.9 Å². The summed E-state index contributed by atoms with van der Waals surface area (Å²) < 4.78 is 11.0. The van der Waals surface area contributed by atoms with E-state index in [-0.39, 0.29) is 19.1 Å². The van der Waals surface area contributed by atoms with Crippen LogP contribution in [-0.4, -0.2) is 44.8 Å². The quantitative estimate of drug-likeness (QED) is 0.118. The Kier molecular flexibility index (Phi) is 16.8. The number of esters is 1. The molecule has 0 aliphatic heterocycles. The molecule has 0 unspecified atom stereocenters. The van der Waals surface area contributed by atoms with E-state index in [0.717, 1.165) is 57.2 Å². The number of anilines is 2. The van der Waals surface area contributed by atoms with Crippen molar-refractivity contribution in [3.63, 3.8) is 0 Å². The van der Waals surface area contributed by atoms with Crippen LogP contribution in [0, 0.1) is 0 Å². The highest BCUT2D eigenvalue weighted by Gasteiger charge is 2.23. The van der Waals surface area contributed by atoms with Gasteiger partial charge in [-0.05, 0) is 84.4 Å². The van der Waals surface area contributed by atoms with Crippen molar-refractivity contribution < 1.29 is 19.1 Å². The van der Waals surface area contributed by atoms with Gasteiger partial charge in [-0.3, -0.25) is 4.79 Å². The fraction of sp³-hybridized carbons (Fsp3) is 0.548. The fourth-order valence-electron chi connectivity index (χ4n) is 3.70. The number of ether oxygens (including phenoxy) is 2. The molecule has 0 saturated heterocycles. The van der Waals surface area contributed by atoms with Gasteiger partial charge in [0.25, 0.3) is 5.91 Å². The maximum atomic E-state index is 13.3. The van der Waals surface area contributed by atoms with Gasteiger partial charge in [0.05, 0.1) is 24.5 Å². The first kappa shape index (κ1) is 32.2. The molecule has 1 aromatic rings. The van der Waals surface area contributed by atoms with Gasteiger partial charge in [-0.2, -0.15) is 0 Å². The third-order valence-corrected chi connectivity index (χ3v) is 5.85. The minimum absolute atomic E-state index is 0.0526. The summed E-state index contributed by atoms with van der Waals surface area (Å²) in [7, 11) is 0. The molecule has 0 heterocycles. The molecule has 0 atom stereocenters. The molecule has 1 rings (SSSR count). The van der Waals surface area contributed by atoms with Crippen LogP contribution in [0.4, 0.5) is 11.4 Å². The van der Waals surface area contributed by atoms with E-state index in [0.29, 0.717) is 24.4 Å². The smallest absolute Gasteiger partial charge is 0.340 e. The zero-order valence-electron chi connectivity index (χ0n) is 23.7. The highest BCUT2D eigenvalue weighted by atomic mass is 16.5. The number of allylic oxidation sites excluding steroid dienone is 4. The third kappa shape index (κ3) is 13.3. The molecule has 37 heavy (non-hydrogen) atoms. The molecule has 1 N–H and O–H groups in total. The molecule has 0 saturated carbocycles. The SMILES string of the molecule is C=CCCCCNc1ccc(C(=O)OCC)c(N(CCCC)C(=O)COCC=C(C)CCC=C(C)C)c1. The van der Waals surface area contributed by atoms with Crippen molar-refractivity contribution in [3.8, 4) is 0 Å². The second-order valence-corrected chi connectivity index (χ2v) is 9.45. The second-order valence-electron chi connectivity index (χ2n) is 9.45. The number of nitrogens with zero attached hydrogens (tertiary/aromatic N) is 1. The van der Waals surface area contributed by atoms with Crippen LogP contribution in [-0.2, 0) is 14.3 Å². The van der Waals surface area contributed by atoms with Crippen molar-refractivity contribution in [2.24, 2.45) is 0 Å². The van der Waals surface area contributed by atoms with Crippen LogP contribution in [0.2, 0.25) is 0 Å². The third-order valence-electron chi connectivity index (χ3n) is 5.85. The van der Waals surface area contributed by atoms with E-state index in [4.69, 9.17) is 9.47 Å². The highest BCUT2D eigenvalue weighted by Crippen LogP contribution is 2.27. The van der Waals surface area contributed by atoms with Gasteiger partial charge in [0.1, 0.15) is 6.61 Å². The highest BCUT2D eigenvalue weighted by molar-refractivity contribution is 6.03. The Morgan fingerprint density at radius 1 is 1.05 bits per heavy atom. The number of hydrogen-bond acceptors (Lipinski definition) is 5. The first-order chi connectivity index (χ1) is 17.8. The second kappa shape index (κ2) is 19.3. The number of carbonyl (C=O) groups excluding carboxylic acids is 2. The predicted octanol–water partition coefficient (Wildman–Crippen LogP) is 7.47. The summed E-state index contributed by atoms with van der Waals surface area (Å²) in [5.74, 6) is -0.599. The van der Waals surface area contributed by atoms with E-state index in [9.17, 15) is 9.59 Å². The van der Waals surface area contributed by atoms with Crippen molar-refractivity contribution in [2.75, 3.05) is 43.1 Å². The lowest BCUT2D eigenvalue weighted by molar-refractivity contribution is -0.122. The summed E-state index contributed by atoms with van der Waals surface area (Å²) in [5.41, 5.74) is 4.37. The van der Waals surface area contributed by atoms with Gasteiger partial charge in [-0.15, -0.1) is 6.58 Å². The Morgan fingerprint density at radius 2 is 1.84 bits per heavy atom. The first-order valence-corrected chi connectivity index (χ1v) is 13.7. The van der Waals surface area contributed by atoms with E-state index >= 15 is 0 Å². The fourth-order valence-corrected chi connectivity index (χ4v) is 3.70. The Hall–Kier alpha value is -2.86. The first-order valence-electron chi connectivity index (χ1n) is 13.7. The van der Waals surface area contributed by atoms with Crippen LogP contribution < -0.4 is 10.2 Å². The van der Waals surface area contributed by atoms with Gasteiger partial charge < -0.3 is 19.7 Å². The van der Waals surface area contributed by atoms with E-state index in [2.05, 4.69) is 45.7 Å². The Morgan fingerprint density at radius 3 is 2.51 bits per heavy atom. The molecule has 0 aliphatic rings. The van der Waals surface area contributed by atoms with Gasteiger partial charge >= 0.3 is 5.97 Å². The summed E-state index contributed by atoms with van der Waals surface area (Å²) in [4.78, 5) is 27.7. The van der Waals surface area contributed by atoms with Crippen LogP contribution in [0.1, 0.15) is 89.9 Å². The molecule has 1 amide bonds. The standard InChI is InChI=1S/C31H48N2O4/c1-7-10-12-13-20-32-27-17-18-28(31(35)37-9-3)29(23-27)33(21-11-8-2)30(34)24-36-22-19-26(6)16-14-15-25(4)5/h7,15,17-19,23,32H,1,8-14,16,20-22,24H2,2-6H3. The molecule has 6 heteroatoms. The number of rotatable bonds is 19. The summed E-state index contributed by atoms with van der Waals surface area (Å²) in [5, 5.41) is 3.41. The molecule has 6 nitrogen and oxygen atoms in total. The van der Waals surface area contributed by atoms with Crippen LogP contribution >= 0.6 is 0 Å². The molecular formula is C31H48N2O4. The number of nitrogens with one attached hydrogen (secondary N) is 1. The molecule has 0 bridgehead atoms. The average Bonchev–Trinajstić information content (AvgIpc) is 2.86. The molecular weight excluding hydrogens is 464 g/mol. The Balaban J connectivity index is 3.00. The van der Waals surface area contributed by atoms with Crippen LogP contribution in [0.25, 0.3) is 0 Å². The maximum Gasteiger partial charge on any atom is 0.340 e. The number of carbonyl (C=O) groups is 2. The monoisotopic (exact) mass is 512 g/mol. The largest absolute Gasteiger partial charge is 0.462 e. The molecule has 0 fully saturated rings. The van der Waals surface area contributed by atoms with Crippen molar-refractivity contribution in [1.82, 2.24) is 0 Å². The minimum atomic E-state index is -0.430. The van der Waals surface area contributed by atoms with Gasteiger partial charge in [0, 0.05) is 18.8 Å². The van der Waals surface area contributed by atoms with Crippen LogP contribution in [0.5, 0.6) is 0 Å². The van der Waals surface area contributed by atoms with Gasteiger partial charge in [0.2, 0.25) is 0 Å². The predicted molar refractivity (Wildman–Crippen MR) is 155 cm³/mol. The summed E-state index contributed by atoms with van der Waals surface area (Å²) in [6.07, 6.45) is 12.9. The van der Waals surface area contributed by atoms with Crippen molar-refractivity contribution in [3.05, 3.63) is 59.7 Å². The van der Waals surface area contributed by atoms with Crippen LogP contribution in [0.15, 0.2) is 54.2 Å². The van der Waals surface area contributed by atoms with E-state index < -0.39 is 5.97 Å². The zero-order valence-corrected chi connectivity index (χ0v) is 23.7. The van der Waals surface area contributed by atoms with E-state index in [1.165, 1.54) is 11.1 Å². The van der Waals surface area contributed by atoms with Gasteiger partial charge in [0.15, 0.2) is 0 Å². The topological polar surface area (TPSA) is 67.9 Å². The molecule has 0 radical (unpaired) electrons.